The van der Waals surface area contributed by atoms with E-state index in [1.165, 1.54) is 18.2 Å². The molecule has 114 valence electrons. The lowest BCUT2D eigenvalue weighted by atomic mass is 10.1. The van der Waals surface area contributed by atoms with Crippen LogP contribution in [0, 0.1) is 10.1 Å². The van der Waals surface area contributed by atoms with Gasteiger partial charge in [-0.2, -0.15) is 0 Å². The summed E-state index contributed by atoms with van der Waals surface area (Å²) >= 11 is 11.9. The Morgan fingerprint density at radius 2 is 1.91 bits per heavy atom. The molecule has 0 saturated carbocycles. The predicted molar refractivity (Wildman–Crippen MR) is 85.4 cm³/mol. The van der Waals surface area contributed by atoms with E-state index in [1.54, 1.807) is 31.2 Å². The molecule has 22 heavy (non-hydrogen) atoms. The zero-order valence-corrected chi connectivity index (χ0v) is 13.1. The Labute approximate surface area is 137 Å². The standard InChI is InChI=1S/C15H12Cl2N2O3/c1-9(11-4-2-3-5-13(11)17)18-15(20)12-8-10(16)6-7-14(12)19(21)22/h2-9H,1H3,(H,18,20). The topological polar surface area (TPSA) is 72.2 Å². The molecule has 1 atom stereocenters. The van der Waals surface area contributed by atoms with Crippen LogP contribution in [0.5, 0.6) is 0 Å². The number of halogens is 2. The first-order valence-electron chi connectivity index (χ1n) is 6.39. The van der Waals surface area contributed by atoms with E-state index in [-0.39, 0.29) is 16.3 Å². The molecule has 0 spiro atoms. The van der Waals surface area contributed by atoms with Gasteiger partial charge in [0.25, 0.3) is 11.6 Å². The second kappa shape index (κ2) is 6.77. The minimum Gasteiger partial charge on any atom is -0.345 e. The number of rotatable bonds is 4. The van der Waals surface area contributed by atoms with Crippen LogP contribution in [0.3, 0.4) is 0 Å². The van der Waals surface area contributed by atoms with Crippen LogP contribution < -0.4 is 5.32 Å². The molecular formula is C15H12Cl2N2O3. The molecule has 0 radical (unpaired) electrons. The molecule has 0 saturated heterocycles. The minimum absolute atomic E-state index is 0.0867. The van der Waals surface area contributed by atoms with Crippen molar-refractivity contribution in [2.45, 2.75) is 13.0 Å². The summed E-state index contributed by atoms with van der Waals surface area (Å²) in [6, 6.07) is 10.5. The van der Waals surface area contributed by atoms with Gasteiger partial charge in [0.05, 0.1) is 11.0 Å². The van der Waals surface area contributed by atoms with E-state index >= 15 is 0 Å². The molecule has 7 heteroatoms. The summed E-state index contributed by atoms with van der Waals surface area (Å²) in [5.74, 6) is -0.582. The van der Waals surface area contributed by atoms with E-state index in [9.17, 15) is 14.9 Å². The molecular weight excluding hydrogens is 327 g/mol. The maximum atomic E-state index is 12.3. The van der Waals surface area contributed by atoms with Crippen LogP contribution in [0.25, 0.3) is 0 Å². The summed E-state index contributed by atoms with van der Waals surface area (Å²) in [6.45, 7) is 1.75. The highest BCUT2D eigenvalue weighted by atomic mass is 35.5. The summed E-state index contributed by atoms with van der Waals surface area (Å²) in [5.41, 5.74) is 0.340. The van der Waals surface area contributed by atoms with Crippen molar-refractivity contribution in [2.75, 3.05) is 0 Å². The Bertz CT molecular complexity index is 734. The highest BCUT2D eigenvalue weighted by molar-refractivity contribution is 6.31. The first-order chi connectivity index (χ1) is 10.4. The van der Waals surface area contributed by atoms with Gasteiger partial charge in [-0.25, -0.2) is 0 Å². The van der Waals surface area contributed by atoms with Crippen molar-refractivity contribution >= 4 is 34.8 Å². The monoisotopic (exact) mass is 338 g/mol. The summed E-state index contributed by atoms with van der Waals surface area (Å²) < 4.78 is 0. The molecule has 0 heterocycles. The molecule has 0 fully saturated rings. The van der Waals surface area contributed by atoms with Crippen molar-refractivity contribution in [1.29, 1.82) is 0 Å². The van der Waals surface area contributed by atoms with E-state index in [0.717, 1.165) is 5.56 Å². The number of nitro benzene ring substituents is 1. The van der Waals surface area contributed by atoms with E-state index < -0.39 is 16.9 Å². The van der Waals surface area contributed by atoms with Gasteiger partial charge in [0, 0.05) is 16.1 Å². The van der Waals surface area contributed by atoms with E-state index in [2.05, 4.69) is 5.32 Å². The first-order valence-corrected chi connectivity index (χ1v) is 7.15. The van der Waals surface area contributed by atoms with Crippen LogP contribution in [0.2, 0.25) is 10.0 Å². The summed E-state index contributed by atoms with van der Waals surface area (Å²) in [4.78, 5) is 22.7. The molecule has 0 bridgehead atoms. The van der Waals surface area contributed by atoms with Crippen LogP contribution in [0.15, 0.2) is 42.5 Å². The number of hydrogen-bond acceptors (Lipinski definition) is 3. The molecule has 2 aromatic rings. The van der Waals surface area contributed by atoms with E-state index in [4.69, 9.17) is 23.2 Å². The van der Waals surface area contributed by atoms with Gasteiger partial charge in [0.1, 0.15) is 5.56 Å². The highest BCUT2D eigenvalue weighted by Crippen LogP contribution is 2.25. The van der Waals surface area contributed by atoms with Gasteiger partial charge in [0.15, 0.2) is 0 Å². The van der Waals surface area contributed by atoms with Crippen LogP contribution in [0.4, 0.5) is 5.69 Å². The number of nitro groups is 1. The van der Waals surface area contributed by atoms with Crippen molar-refractivity contribution in [1.82, 2.24) is 5.32 Å². The Morgan fingerprint density at radius 1 is 1.23 bits per heavy atom. The molecule has 1 unspecified atom stereocenters. The second-order valence-corrected chi connectivity index (χ2v) is 5.48. The number of nitrogens with zero attached hydrogens (tertiary/aromatic N) is 1. The van der Waals surface area contributed by atoms with Crippen molar-refractivity contribution < 1.29 is 9.72 Å². The maximum Gasteiger partial charge on any atom is 0.282 e. The van der Waals surface area contributed by atoms with E-state index in [0.29, 0.717) is 5.02 Å². The Morgan fingerprint density at radius 3 is 2.55 bits per heavy atom. The van der Waals surface area contributed by atoms with Crippen LogP contribution >= 0.6 is 23.2 Å². The smallest absolute Gasteiger partial charge is 0.282 e. The summed E-state index contributed by atoms with van der Waals surface area (Å²) in [5, 5.41) is 14.5. The molecule has 5 nitrogen and oxygen atoms in total. The van der Waals surface area contributed by atoms with Crippen LogP contribution in [-0.2, 0) is 0 Å². The maximum absolute atomic E-state index is 12.3. The van der Waals surface area contributed by atoms with Crippen molar-refractivity contribution in [3.05, 3.63) is 73.8 Å². The van der Waals surface area contributed by atoms with Crippen molar-refractivity contribution in [3.8, 4) is 0 Å². The Hall–Kier alpha value is -2.11. The molecule has 0 aliphatic rings. The van der Waals surface area contributed by atoms with E-state index in [1.807, 2.05) is 0 Å². The van der Waals surface area contributed by atoms with Crippen molar-refractivity contribution in [3.63, 3.8) is 0 Å². The number of carbonyl (C=O) groups is 1. The fraction of sp³-hybridized carbons (Fsp3) is 0.133. The third-order valence-corrected chi connectivity index (χ3v) is 3.70. The molecule has 1 N–H and O–H groups in total. The van der Waals surface area contributed by atoms with Gasteiger partial charge < -0.3 is 5.32 Å². The SMILES string of the molecule is CC(NC(=O)c1cc(Cl)ccc1[N+](=O)[O-])c1ccccc1Cl. The Balaban J connectivity index is 2.28. The average Bonchev–Trinajstić information content (AvgIpc) is 2.47. The lowest BCUT2D eigenvalue weighted by Gasteiger charge is -2.15. The normalized spacial score (nSPS) is 11.8. The van der Waals surface area contributed by atoms with Crippen molar-refractivity contribution in [2.24, 2.45) is 0 Å². The number of nitrogens with one attached hydrogen (secondary N) is 1. The number of amides is 1. The zero-order chi connectivity index (χ0) is 16.3. The van der Waals surface area contributed by atoms with Gasteiger partial charge >= 0.3 is 0 Å². The lowest BCUT2D eigenvalue weighted by molar-refractivity contribution is -0.385. The largest absolute Gasteiger partial charge is 0.345 e. The predicted octanol–water partition coefficient (Wildman–Crippen LogP) is 4.39. The fourth-order valence-corrected chi connectivity index (χ4v) is 2.50. The molecule has 0 aromatic heterocycles. The van der Waals surface area contributed by atoms with Gasteiger partial charge in [-0.1, -0.05) is 41.4 Å². The lowest BCUT2D eigenvalue weighted by Crippen LogP contribution is -2.27. The van der Waals surface area contributed by atoms with Crippen LogP contribution in [0.1, 0.15) is 28.9 Å². The fourth-order valence-electron chi connectivity index (χ4n) is 2.03. The molecule has 1 amide bonds. The third kappa shape index (κ3) is 3.55. The van der Waals surface area contributed by atoms with Gasteiger partial charge in [-0.15, -0.1) is 0 Å². The average molecular weight is 339 g/mol. The number of hydrogen-bond donors (Lipinski definition) is 1. The quantitative estimate of drug-likeness (QED) is 0.663. The Kier molecular flexibility index (Phi) is 5.00. The van der Waals surface area contributed by atoms with Gasteiger partial charge in [-0.05, 0) is 30.7 Å². The first kappa shape index (κ1) is 16.3. The number of benzene rings is 2. The molecule has 0 aliphatic carbocycles. The highest BCUT2D eigenvalue weighted by Gasteiger charge is 2.22. The number of carbonyl (C=O) groups excluding carboxylic acids is 1. The second-order valence-electron chi connectivity index (χ2n) is 4.64. The summed E-state index contributed by atoms with van der Waals surface area (Å²) in [7, 11) is 0. The molecule has 2 aromatic carbocycles. The molecule has 2 rings (SSSR count). The summed E-state index contributed by atoms with van der Waals surface area (Å²) in [6.07, 6.45) is 0. The van der Waals surface area contributed by atoms with Crippen LogP contribution in [-0.4, -0.2) is 10.8 Å². The zero-order valence-electron chi connectivity index (χ0n) is 11.5. The van der Waals surface area contributed by atoms with Gasteiger partial charge in [0.2, 0.25) is 0 Å². The van der Waals surface area contributed by atoms with Gasteiger partial charge in [-0.3, -0.25) is 14.9 Å². The third-order valence-electron chi connectivity index (χ3n) is 3.12. The molecule has 0 aliphatic heterocycles. The minimum atomic E-state index is -0.620.